The second kappa shape index (κ2) is 5.69. The molecule has 0 unspecified atom stereocenters. The Bertz CT molecular complexity index is 1130. The van der Waals surface area contributed by atoms with E-state index in [9.17, 15) is 4.79 Å². The molecule has 0 aliphatic rings. The number of hydrogen-bond donors (Lipinski definition) is 0. The Hall–Kier alpha value is -2.24. The lowest BCUT2D eigenvalue weighted by atomic mass is 10.2. The first-order chi connectivity index (χ1) is 11.5. The highest BCUT2D eigenvalue weighted by Gasteiger charge is 2.13. The molecule has 0 bridgehead atoms. The maximum Gasteiger partial charge on any atom is 0.271 e. The molecule has 0 saturated heterocycles. The molecule has 0 N–H and O–H groups in total. The summed E-state index contributed by atoms with van der Waals surface area (Å²) >= 11 is 7.32. The van der Waals surface area contributed by atoms with Crippen molar-refractivity contribution in [2.75, 3.05) is 0 Å². The molecular weight excluding hydrogens is 342 g/mol. The number of benzene rings is 1. The van der Waals surface area contributed by atoms with Gasteiger partial charge in [-0.3, -0.25) is 9.36 Å². The molecule has 6 heteroatoms. The van der Waals surface area contributed by atoms with Crippen molar-refractivity contribution in [1.82, 2.24) is 14.5 Å². The van der Waals surface area contributed by atoms with Crippen LogP contribution in [-0.2, 0) is 6.54 Å². The van der Waals surface area contributed by atoms with E-state index in [1.165, 1.54) is 11.3 Å². The molecule has 0 radical (unpaired) electrons. The Morgan fingerprint density at radius 1 is 1.21 bits per heavy atom. The molecule has 1 aromatic carbocycles. The highest BCUT2D eigenvalue weighted by atomic mass is 35.5. The summed E-state index contributed by atoms with van der Waals surface area (Å²) in [5.74, 6) is 0. The maximum atomic E-state index is 12.8. The first-order valence-electron chi connectivity index (χ1n) is 7.53. The number of pyridine rings is 1. The summed E-state index contributed by atoms with van der Waals surface area (Å²) in [4.78, 5) is 22.8. The minimum absolute atomic E-state index is 0.0340. The number of nitrogens with zero attached hydrogens (tertiary/aromatic N) is 3. The van der Waals surface area contributed by atoms with Gasteiger partial charge in [0.25, 0.3) is 5.56 Å². The van der Waals surface area contributed by atoms with E-state index in [4.69, 9.17) is 11.6 Å². The predicted octanol–water partition coefficient (Wildman–Crippen LogP) is 4.32. The van der Waals surface area contributed by atoms with Crippen molar-refractivity contribution in [3.05, 3.63) is 68.9 Å². The van der Waals surface area contributed by atoms with Crippen LogP contribution < -0.4 is 5.56 Å². The van der Waals surface area contributed by atoms with Crippen LogP contribution in [0.4, 0.5) is 0 Å². The van der Waals surface area contributed by atoms with E-state index in [0.717, 1.165) is 32.6 Å². The third-order valence-corrected chi connectivity index (χ3v) is 5.48. The summed E-state index contributed by atoms with van der Waals surface area (Å²) in [7, 11) is 0. The lowest BCUT2D eigenvalue weighted by Crippen LogP contribution is -2.20. The van der Waals surface area contributed by atoms with Crippen molar-refractivity contribution < 1.29 is 0 Å². The minimum Gasteiger partial charge on any atom is -0.294 e. The van der Waals surface area contributed by atoms with Crippen LogP contribution in [0.5, 0.6) is 0 Å². The van der Waals surface area contributed by atoms with Crippen molar-refractivity contribution in [3.63, 3.8) is 0 Å². The number of rotatable bonds is 2. The molecule has 24 heavy (non-hydrogen) atoms. The van der Waals surface area contributed by atoms with E-state index < -0.39 is 0 Å². The van der Waals surface area contributed by atoms with Crippen LogP contribution in [0.2, 0.25) is 5.02 Å². The predicted molar refractivity (Wildman–Crippen MR) is 99.2 cm³/mol. The highest BCUT2D eigenvalue weighted by Crippen LogP contribution is 2.30. The average molecular weight is 356 g/mol. The molecule has 0 atom stereocenters. The van der Waals surface area contributed by atoms with Gasteiger partial charge in [-0.2, -0.15) is 0 Å². The first kappa shape index (κ1) is 15.3. The summed E-state index contributed by atoms with van der Waals surface area (Å²) in [5.41, 5.74) is 3.80. The Labute approximate surface area is 147 Å². The Morgan fingerprint density at radius 3 is 2.71 bits per heavy atom. The van der Waals surface area contributed by atoms with E-state index in [2.05, 4.69) is 16.0 Å². The Balaban J connectivity index is 1.87. The Morgan fingerprint density at radius 2 is 1.96 bits per heavy atom. The van der Waals surface area contributed by atoms with E-state index in [-0.39, 0.29) is 5.56 Å². The fraction of sp³-hybridized carbons (Fsp3) is 0.167. The molecule has 4 aromatic rings. The molecular formula is C18H14ClN3OS. The van der Waals surface area contributed by atoms with Crippen molar-refractivity contribution >= 4 is 43.4 Å². The largest absolute Gasteiger partial charge is 0.294 e. The summed E-state index contributed by atoms with van der Waals surface area (Å²) < 4.78 is 2.28. The smallest absolute Gasteiger partial charge is 0.271 e. The molecule has 120 valence electrons. The van der Waals surface area contributed by atoms with Gasteiger partial charge in [0.2, 0.25) is 0 Å². The van der Waals surface area contributed by atoms with E-state index in [1.807, 2.05) is 38.1 Å². The van der Waals surface area contributed by atoms with Gasteiger partial charge in [-0.25, -0.2) is 9.97 Å². The van der Waals surface area contributed by atoms with Gasteiger partial charge in [-0.15, -0.1) is 11.3 Å². The van der Waals surface area contributed by atoms with Gasteiger partial charge in [0.15, 0.2) is 0 Å². The van der Waals surface area contributed by atoms with Gasteiger partial charge in [-0.1, -0.05) is 23.7 Å². The number of thiophene rings is 1. The summed E-state index contributed by atoms with van der Waals surface area (Å²) in [5, 5.41) is 1.63. The second-order valence-corrected chi connectivity index (χ2v) is 7.26. The van der Waals surface area contributed by atoms with Crippen LogP contribution in [0.25, 0.3) is 20.4 Å². The van der Waals surface area contributed by atoms with Crippen molar-refractivity contribution in [2.24, 2.45) is 0 Å². The van der Waals surface area contributed by atoms with Gasteiger partial charge in [0.05, 0.1) is 18.4 Å². The monoisotopic (exact) mass is 355 g/mol. The molecule has 4 rings (SSSR count). The quantitative estimate of drug-likeness (QED) is 0.538. The SMILES string of the molecule is Cc1cc2c(nc1C)sc1c(=O)n(Cc3ccc(Cl)cc3)cnc12. The minimum atomic E-state index is -0.0340. The maximum absolute atomic E-state index is 12.8. The fourth-order valence-corrected chi connectivity index (χ4v) is 3.91. The van der Waals surface area contributed by atoms with Gasteiger partial charge >= 0.3 is 0 Å². The molecule has 3 aromatic heterocycles. The third-order valence-electron chi connectivity index (χ3n) is 4.15. The average Bonchev–Trinajstić information content (AvgIpc) is 2.91. The fourth-order valence-electron chi connectivity index (χ4n) is 2.68. The van der Waals surface area contributed by atoms with Crippen LogP contribution in [-0.4, -0.2) is 14.5 Å². The molecule has 0 fully saturated rings. The zero-order chi connectivity index (χ0) is 16.8. The van der Waals surface area contributed by atoms with Crippen LogP contribution in [0, 0.1) is 13.8 Å². The number of aryl methyl sites for hydroxylation is 2. The zero-order valence-corrected chi connectivity index (χ0v) is 14.8. The third kappa shape index (κ3) is 2.50. The van der Waals surface area contributed by atoms with E-state index in [0.29, 0.717) is 16.3 Å². The van der Waals surface area contributed by atoms with Crippen LogP contribution >= 0.6 is 22.9 Å². The molecule has 0 aliphatic carbocycles. The molecule has 3 heterocycles. The zero-order valence-electron chi connectivity index (χ0n) is 13.2. The molecule has 0 aliphatic heterocycles. The number of halogens is 1. The van der Waals surface area contributed by atoms with E-state index in [1.54, 1.807) is 10.9 Å². The van der Waals surface area contributed by atoms with Crippen LogP contribution in [0.1, 0.15) is 16.8 Å². The van der Waals surface area contributed by atoms with Crippen molar-refractivity contribution in [1.29, 1.82) is 0 Å². The van der Waals surface area contributed by atoms with Crippen molar-refractivity contribution in [2.45, 2.75) is 20.4 Å². The number of aromatic nitrogens is 3. The van der Waals surface area contributed by atoms with Gasteiger partial charge in [0, 0.05) is 16.1 Å². The van der Waals surface area contributed by atoms with Crippen LogP contribution in [0.3, 0.4) is 0 Å². The molecule has 0 spiro atoms. The van der Waals surface area contributed by atoms with Crippen molar-refractivity contribution in [3.8, 4) is 0 Å². The summed E-state index contributed by atoms with van der Waals surface area (Å²) in [6.07, 6.45) is 1.61. The van der Waals surface area contributed by atoms with Gasteiger partial charge in [-0.05, 0) is 43.2 Å². The first-order valence-corrected chi connectivity index (χ1v) is 8.73. The topological polar surface area (TPSA) is 47.8 Å². The molecule has 0 saturated carbocycles. The standard InChI is InChI=1S/C18H14ClN3OS/c1-10-7-14-15-16(24-17(14)21-11(10)2)18(23)22(9-20-15)8-12-3-5-13(19)6-4-12/h3-7,9H,8H2,1-2H3. The lowest BCUT2D eigenvalue weighted by Gasteiger charge is -2.05. The van der Waals surface area contributed by atoms with Gasteiger partial charge in [0.1, 0.15) is 9.53 Å². The number of hydrogen-bond acceptors (Lipinski definition) is 4. The van der Waals surface area contributed by atoms with Crippen LogP contribution in [0.15, 0.2) is 41.5 Å². The second-order valence-electron chi connectivity index (χ2n) is 5.83. The molecule has 4 nitrogen and oxygen atoms in total. The molecule has 0 amide bonds. The lowest BCUT2D eigenvalue weighted by molar-refractivity contribution is 0.750. The summed E-state index contributed by atoms with van der Waals surface area (Å²) in [6, 6.07) is 9.54. The Kier molecular flexibility index (Phi) is 3.62. The van der Waals surface area contributed by atoms with Gasteiger partial charge < -0.3 is 0 Å². The highest BCUT2D eigenvalue weighted by molar-refractivity contribution is 7.25. The number of fused-ring (bicyclic) bond motifs is 3. The normalized spacial score (nSPS) is 11.5. The van der Waals surface area contributed by atoms with E-state index >= 15 is 0 Å². The summed E-state index contributed by atoms with van der Waals surface area (Å²) in [6.45, 7) is 4.47.